The van der Waals surface area contributed by atoms with Crippen LogP contribution in [0.4, 0.5) is 0 Å². The first-order valence-electron chi connectivity index (χ1n) is 4.21. The first-order chi connectivity index (χ1) is 5.72. The van der Waals surface area contributed by atoms with Gasteiger partial charge in [0.25, 0.3) is 0 Å². The lowest BCUT2D eigenvalue weighted by atomic mass is 10.1. The van der Waals surface area contributed by atoms with E-state index in [9.17, 15) is 4.79 Å². The van der Waals surface area contributed by atoms with Gasteiger partial charge in [0.1, 0.15) is 0 Å². The molecular weight excluding hydrogens is 156 g/mol. The third-order valence-electron chi connectivity index (χ3n) is 1.73. The molecule has 0 atom stereocenters. The summed E-state index contributed by atoms with van der Waals surface area (Å²) in [5.41, 5.74) is 0.466. The third kappa shape index (κ3) is 4.91. The van der Waals surface area contributed by atoms with Crippen LogP contribution in [0.3, 0.4) is 0 Å². The minimum atomic E-state index is -0.832. The van der Waals surface area contributed by atoms with Gasteiger partial charge in [-0.2, -0.15) is 0 Å². The van der Waals surface area contributed by atoms with Crippen molar-refractivity contribution in [3.63, 3.8) is 0 Å². The highest BCUT2D eigenvalue weighted by atomic mass is 16.4. The van der Waals surface area contributed by atoms with Crippen LogP contribution >= 0.6 is 0 Å². The Morgan fingerprint density at radius 1 is 1.33 bits per heavy atom. The van der Waals surface area contributed by atoms with Crippen molar-refractivity contribution < 1.29 is 15.0 Å². The Bertz CT molecular complexity index is 161. The summed E-state index contributed by atoms with van der Waals surface area (Å²) in [6, 6.07) is 0. The Morgan fingerprint density at radius 3 is 2.42 bits per heavy atom. The van der Waals surface area contributed by atoms with E-state index in [0.29, 0.717) is 12.0 Å². The maximum absolute atomic E-state index is 10.5. The van der Waals surface area contributed by atoms with Crippen molar-refractivity contribution in [1.29, 1.82) is 0 Å². The SMILES string of the molecule is C/C=C(\CCCCCO)C(=O)O. The van der Waals surface area contributed by atoms with Crippen molar-refractivity contribution >= 4 is 5.97 Å². The molecular formula is C9H16O3. The van der Waals surface area contributed by atoms with Gasteiger partial charge >= 0.3 is 5.97 Å². The second-order valence-corrected chi connectivity index (χ2v) is 2.65. The van der Waals surface area contributed by atoms with Gasteiger partial charge in [-0.25, -0.2) is 4.79 Å². The molecule has 3 nitrogen and oxygen atoms in total. The van der Waals surface area contributed by atoms with Gasteiger partial charge in [0.05, 0.1) is 0 Å². The van der Waals surface area contributed by atoms with Crippen LogP contribution in [0.15, 0.2) is 11.6 Å². The smallest absolute Gasteiger partial charge is 0.331 e. The van der Waals surface area contributed by atoms with E-state index in [1.165, 1.54) is 0 Å². The van der Waals surface area contributed by atoms with Gasteiger partial charge in [0.15, 0.2) is 0 Å². The molecule has 12 heavy (non-hydrogen) atoms. The number of aliphatic hydroxyl groups excluding tert-OH is 1. The van der Waals surface area contributed by atoms with Crippen LogP contribution in [0.5, 0.6) is 0 Å². The van der Waals surface area contributed by atoms with Gasteiger partial charge < -0.3 is 10.2 Å². The summed E-state index contributed by atoms with van der Waals surface area (Å²) < 4.78 is 0. The van der Waals surface area contributed by atoms with Gasteiger partial charge in [-0.05, 0) is 26.2 Å². The van der Waals surface area contributed by atoms with Crippen molar-refractivity contribution in [2.45, 2.75) is 32.6 Å². The first-order valence-corrected chi connectivity index (χ1v) is 4.21. The van der Waals surface area contributed by atoms with E-state index in [4.69, 9.17) is 10.2 Å². The summed E-state index contributed by atoms with van der Waals surface area (Å²) in [5, 5.41) is 17.1. The molecule has 0 aliphatic heterocycles. The summed E-state index contributed by atoms with van der Waals surface area (Å²) >= 11 is 0. The number of allylic oxidation sites excluding steroid dienone is 1. The fraction of sp³-hybridized carbons (Fsp3) is 0.667. The molecule has 0 spiro atoms. The van der Waals surface area contributed by atoms with Gasteiger partial charge in [-0.3, -0.25) is 0 Å². The first kappa shape index (κ1) is 11.2. The zero-order chi connectivity index (χ0) is 9.40. The number of hydrogen-bond donors (Lipinski definition) is 2. The predicted molar refractivity (Wildman–Crippen MR) is 46.9 cm³/mol. The second-order valence-electron chi connectivity index (χ2n) is 2.65. The van der Waals surface area contributed by atoms with Crippen LogP contribution in [-0.4, -0.2) is 22.8 Å². The highest BCUT2D eigenvalue weighted by Crippen LogP contribution is 2.08. The maximum Gasteiger partial charge on any atom is 0.331 e. The number of unbranched alkanes of at least 4 members (excludes halogenated alkanes) is 2. The Balaban J connectivity index is 3.54. The topological polar surface area (TPSA) is 57.5 Å². The van der Waals surface area contributed by atoms with Crippen molar-refractivity contribution in [1.82, 2.24) is 0 Å². The van der Waals surface area contributed by atoms with Crippen LogP contribution in [-0.2, 0) is 4.79 Å². The monoisotopic (exact) mass is 172 g/mol. The van der Waals surface area contributed by atoms with E-state index in [0.717, 1.165) is 19.3 Å². The average Bonchev–Trinajstić information content (AvgIpc) is 2.04. The van der Waals surface area contributed by atoms with E-state index in [-0.39, 0.29) is 6.61 Å². The highest BCUT2D eigenvalue weighted by Gasteiger charge is 2.03. The van der Waals surface area contributed by atoms with Crippen LogP contribution < -0.4 is 0 Å². The molecule has 0 fully saturated rings. The summed E-state index contributed by atoms with van der Waals surface area (Å²) in [5.74, 6) is -0.832. The molecule has 0 radical (unpaired) electrons. The molecule has 0 amide bonds. The van der Waals surface area contributed by atoms with E-state index >= 15 is 0 Å². The summed E-state index contributed by atoms with van der Waals surface area (Å²) in [6.07, 6.45) is 4.72. The lowest BCUT2D eigenvalue weighted by molar-refractivity contribution is -0.132. The van der Waals surface area contributed by atoms with Crippen molar-refractivity contribution in [3.05, 3.63) is 11.6 Å². The number of rotatable bonds is 6. The molecule has 0 rings (SSSR count). The molecule has 70 valence electrons. The number of carbonyl (C=O) groups is 1. The fourth-order valence-electron chi connectivity index (χ4n) is 0.979. The van der Waals surface area contributed by atoms with Gasteiger partial charge in [0.2, 0.25) is 0 Å². The van der Waals surface area contributed by atoms with E-state index < -0.39 is 5.97 Å². The van der Waals surface area contributed by atoms with E-state index in [1.807, 2.05) is 0 Å². The minimum Gasteiger partial charge on any atom is -0.478 e. The Hall–Kier alpha value is -0.830. The van der Waals surface area contributed by atoms with Crippen LogP contribution in [0.25, 0.3) is 0 Å². The zero-order valence-corrected chi connectivity index (χ0v) is 7.42. The Kier molecular flexibility index (Phi) is 6.38. The lowest BCUT2D eigenvalue weighted by Crippen LogP contribution is -2.00. The molecule has 0 aliphatic carbocycles. The molecule has 0 aliphatic rings. The summed E-state index contributed by atoms with van der Waals surface area (Å²) in [4.78, 5) is 10.5. The second kappa shape index (κ2) is 6.85. The zero-order valence-electron chi connectivity index (χ0n) is 7.42. The maximum atomic E-state index is 10.5. The molecule has 2 N–H and O–H groups in total. The summed E-state index contributed by atoms with van der Waals surface area (Å²) in [6.45, 7) is 1.92. The predicted octanol–water partition coefficient (Wildman–Crippen LogP) is 1.57. The number of aliphatic carboxylic acids is 1. The van der Waals surface area contributed by atoms with Crippen LogP contribution in [0.1, 0.15) is 32.6 Å². The van der Waals surface area contributed by atoms with Crippen LogP contribution in [0.2, 0.25) is 0 Å². The molecule has 0 unspecified atom stereocenters. The molecule has 0 bridgehead atoms. The van der Waals surface area contributed by atoms with E-state index in [1.54, 1.807) is 13.0 Å². The molecule has 0 saturated carbocycles. The normalized spacial score (nSPS) is 11.7. The number of carboxylic acid groups (broad SMARTS) is 1. The Morgan fingerprint density at radius 2 is 2.00 bits per heavy atom. The third-order valence-corrected chi connectivity index (χ3v) is 1.73. The number of aliphatic hydroxyl groups is 1. The standard InChI is InChI=1S/C9H16O3/c1-2-8(9(11)12)6-4-3-5-7-10/h2,10H,3-7H2,1H3,(H,11,12)/b8-2+. The van der Waals surface area contributed by atoms with Crippen molar-refractivity contribution in [2.24, 2.45) is 0 Å². The molecule has 0 saturated heterocycles. The molecule has 0 aromatic carbocycles. The summed E-state index contributed by atoms with van der Waals surface area (Å²) in [7, 11) is 0. The molecule has 0 aromatic heterocycles. The number of carboxylic acids is 1. The van der Waals surface area contributed by atoms with Gasteiger partial charge in [-0.15, -0.1) is 0 Å². The lowest BCUT2D eigenvalue weighted by Gasteiger charge is -2.00. The fourth-order valence-corrected chi connectivity index (χ4v) is 0.979. The Labute approximate surface area is 72.7 Å². The number of hydrogen-bond acceptors (Lipinski definition) is 2. The largest absolute Gasteiger partial charge is 0.478 e. The molecule has 3 heteroatoms. The van der Waals surface area contributed by atoms with Crippen LogP contribution in [0, 0.1) is 0 Å². The van der Waals surface area contributed by atoms with Crippen molar-refractivity contribution in [2.75, 3.05) is 6.61 Å². The van der Waals surface area contributed by atoms with Crippen molar-refractivity contribution in [3.8, 4) is 0 Å². The van der Waals surface area contributed by atoms with E-state index in [2.05, 4.69) is 0 Å². The molecule has 0 heterocycles. The average molecular weight is 172 g/mol. The minimum absolute atomic E-state index is 0.193. The van der Waals surface area contributed by atoms with Gasteiger partial charge in [-0.1, -0.05) is 12.5 Å². The highest BCUT2D eigenvalue weighted by molar-refractivity contribution is 5.86. The quantitative estimate of drug-likeness (QED) is 0.472. The van der Waals surface area contributed by atoms with Gasteiger partial charge in [0, 0.05) is 12.2 Å². The molecule has 0 aromatic rings.